The van der Waals surface area contributed by atoms with Crippen LogP contribution >= 0.6 is 0 Å². The number of carbonyl (C=O) groups excluding carboxylic acids is 1. The van der Waals surface area contributed by atoms with E-state index in [2.05, 4.69) is 37.9 Å². The van der Waals surface area contributed by atoms with Gasteiger partial charge in [-0.15, -0.1) is 0 Å². The Morgan fingerprint density at radius 2 is 2.12 bits per heavy atom. The van der Waals surface area contributed by atoms with Crippen LogP contribution in [-0.4, -0.2) is 36.0 Å². The SMILES string of the molecule is CCCCC(CC)C(=O)N1CCNCC1(C)C. The lowest BCUT2D eigenvalue weighted by Crippen LogP contribution is -2.61. The Labute approximate surface area is 106 Å². The normalized spacial score (nSPS) is 21.3. The van der Waals surface area contributed by atoms with E-state index in [1.165, 1.54) is 6.42 Å². The van der Waals surface area contributed by atoms with Crippen molar-refractivity contribution in [2.75, 3.05) is 19.6 Å². The van der Waals surface area contributed by atoms with E-state index in [0.29, 0.717) is 5.91 Å². The molecule has 0 spiro atoms. The molecule has 0 bridgehead atoms. The number of nitrogens with zero attached hydrogens (tertiary/aromatic N) is 1. The van der Waals surface area contributed by atoms with Crippen molar-refractivity contribution < 1.29 is 4.79 Å². The molecule has 0 aromatic heterocycles. The molecule has 1 fully saturated rings. The molecule has 0 radical (unpaired) electrons. The topological polar surface area (TPSA) is 32.3 Å². The average Bonchev–Trinajstić information content (AvgIpc) is 2.29. The van der Waals surface area contributed by atoms with E-state index in [-0.39, 0.29) is 11.5 Å². The van der Waals surface area contributed by atoms with Crippen molar-refractivity contribution in [1.29, 1.82) is 0 Å². The van der Waals surface area contributed by atoms with Crippen molar-refractivity contribution in [2.24, 2.45) is 5.92 Å². The third-order valence-electron chi connectivity index (χ3n) is 3.81. The summed E-state index contributed by atoms with van der Waals surface area (Å²) in [5.74, 6) is 0.597. The minimum absolute atomic E-state index is 0.0328. The molecule has 0 aromatic rings. The molecule has 1 aliphatic rings. The van der Waals surface area contributed by atoms with Crippen LogP contribution in [0.2, 0.25) is 0 Å². The zero-order valence-electron chi connectivity index (χ0n) is 11.9. The molecule has 0 aliphatic carbocycles. The summed E-state index contributed by atoms with van der Waals surface area (Å²) in [6.45, 7) is 11.3. The van der Waals surface area contributed by atoms with E-state index in [4.69, 9.17) is 0 Å². The summed E-state index contributed by atoms with van der Waals surface area (Å²) in [5.41, 5.74) is -0.0328. The van der Waals surface area contributed by atoms with Crippen molar-refractivity contribution in [3.8, 4) is 0 Å². The first-order valence-electron chi connectivity index (χ1n) is 7.05. The molecule has 1 N–H and O–H groups in total. The van der Waals surface area contributed by atoms with Gasteiger partial charge in [-0.05, 0) is 26.7 Å². The molecule has 0 saturated carbocycles. The minimum atomic E-state index is -0.0328. The second-order valence-electron chi connectivity index (χ2n) is 5.73. The molecule has 17 heavy (non-hydrogen) atoms. The minimum Gasteiger partial charge on any atom is -0.335 e. The van der Waals surface area contributed by atoms with Gasteiger partial charge in [0.1, 0.15) is 0 Å². The van der Waals surface area contributed by atoms with Gasteiger partial charge in [0.15, 0.2) is 0 Å². The fourth-order valence-corrected chi connectivity index (χ4v) is 2.56. The lowest BCUT2D eigenvalue weighted by atomic mass is 9.93. The maximum absolute atomic E-state index is 12.5. The summed E-state index contributed by atoms with van der Waals surface area (Å²) in [4.78, 5) is 14.6. The van der Waals surface area contributed by atoms with Gasteiger partial charge in [-0.1, -0.05) is 26.7 Å². The molecule has 1 aliphatic heterocycles. The van der Waals surface area contributed by atoms with Crippen LogP contribution in [0.5, 0.6) is 0 Å². The Hall–Kier alpha value is -0.570. The lowest BCUT2D eigenvalue weighted by molar-refractivity contribution is -0.142. The predicted octanol–water partition coefficient (Wildman–Crippen LogP) is 2.41. The molecule has 1 rings (SSSR count). The monoisotopic (exact) mass is 240 g/mol. The van der Waals surface area contributed by atoms with E-state index < -0.39 is 0 Å². The first-order chi connectivity index (χ1) is 8.03. The molecule has 3 nitrogen and oxygen atoms in total. The first kappa shape index (κ1) is 14.5. The molecule has 1 amide bonds. The molecule has 1 atom stereocenters. The summed E-state index contributed by atoms with van der Waals surface area (Å²) >= 11 is 0. The number of carbonyl (C=O) groups is 1. The van der Waals surface area contributed by atoms with Crippen LogP contribution in [0, 0.1) is 5.92 Å². The van der Waals surface area contributed by atoms with Crippen LogP contribution in [0.3, 0.4) is 0 Å². The predicted molar refractivity (Wildman–Crippen MR) is 72.0 cm³/mol. The Bertz CT molecular complexity index is 251. The number of nitrogens with one attached hydrogen (secondary N) is 1. The highest BCUT2D eigenvalue weighted by molar-refractivity contribution is 5.79. The second-order valence-corrected chi connectivity index (χ2v) is 5.73. The first-order valence-corrected chi connectivity index (χ1v) is 7.05. The Kier molecular flexibility index (Phi) is 5.44. The molecule has 1 unspecified atom stereocenters. The van der Waals surface area contributed by atoms with Crippen LogP contribution in [0.25, 0.3) is 0 Å². The van der Waals surface area contributed by atoms with E-state index in [1.807, 2.05) is 0 Å². The van der Waals surface area contributed by atoms with Gasteiger partial charge in [0.2, 0.25) is 5.91 Å². The molecule has 1 saturated heterocycles. The Morgan fingerprint density at radius 1 is 1.41 bits per heavy atom. The van der Waals surface area contributed by atoms with Gasteiger partial charge in [-0.2, -0.15) is 0 Å². The summed E-state index contributed by atoms with van der Waals surface area (Å²) < 4.78 is 0. The van der Waals surface area contributed by atoms with E-state index in [9.17, 15) is 4.79 Å². The zero-order chi connectivity index (χ0) is 12.9. The van der Waals surface area contributed by atoms with Crippen LogP contribution < -0.4 is 5.32 Å². The summed E-state index contributed by atoms with van der Waals surface area (Å²) in [6, 6.07) is 0. The number of hydrogen-bond donors (Lipinski definition) is 1. The van der Waals surface area contributed by atoms with Gasteiger partial charge in [-0.3, -0.25) is 4.79 Å². The van der Waals surface area contributed by atoms with E-state index >= 15 is 0 Å². The Balaban J connectivity index is 2.65. The summed E-state index contributed by atoms with van der Waals surface area (Å²) in [7, 11) is 0. The molecule has 0 aromatic carbocycles. The number of hydrogen-bond acceptors (Lipinski definition) is 2. The standard InChI is InChI=1S/C14H28N2O/c1-5-7-8-12(6-2)13(17)16-10-9-15-11-14(16,3)4/h12,15H,5-11H2,1-4H3. The fourth-order valence-electron chi connectivity index (χ4n) is 2.56. The number of unbranched alkanes of at least 4 members (excludes halogenated alkanes) is 1. The Morgan fingerprint density at radius 3 is 2.65 bits per heavy atom. The molecule has 100 valence electrons. The van der Waals surface area contributed by atoms with Gasteiger partial charge in [-0.25, -0.2) is 0 Å². The average molecular weight is 240 g/mol. The summed E-state index contributed by atoms with van der Waals surface area (Å²) in [6.07, 6.45) is 4.36. The van der Waals surface area contributed by atoms with Crippen LogP contribution in [0.1, 0.15) is 53.4 Å². The smallest absolute Gasteiger partial charge is 0.226 e. The maximum atomic E-state index is 12.5. The van der Waals surface area contributed by atoms with E-state index in [0.717, 1.165) is 38.9 Å². The number of rotatable bonds is 5. The largest absolute Gasteiger partial charge is 0.335 e. The highest BCUT2D eigenvalue weighted by Gasteiger charge is 2.35. The fraction of sp³-hybridized carbons (Fsp3) is 0.929. The molecule has 1 heterocycles. The van der Waals surface area contributed by atoms with Crippen molar-refractivity contribution in [3.63, 3.8) is 0 Å². The van der Waals surface area contributed by atoms with Gasteiger partial charge >= 0.3 is 0 Å². The second kappa shape index (κ2) is 6.39. The zero-order valence-corrected chi connectivity index (χ0v) is 11.9. The van der Waals surface area contributed by atoms with Crippen LogP contribution in [0.4, 0.5) is 0 Å². The van der Waals surface area contributed by atoms with Crippen molar-refractivity contribution in [2.45, 2.75) is 58.9 Å². The van der Waals surface area contributed by atoms with Gasteiger partial charge in [0.25, 0.3) is 0 Å². The quantitative estimate of drug-likeness (QED) is 0.800. The van der Waals surface area contributed by atoms with Crippen molar-refractivity contribution in [1.82, 2.24) is 10.2 Å². The number of piperazine rings is 1. The highest BCUT2D eigenvalue weighted by Crippen LogP contribution is 2.23. The summed E-state index contributed by atoms with van der Waals surface area (Å²) in [5, 5.41) is 3.37. The van der Waals surface area contributed by atoms with Crippen molar-refractivity contribution in [3.05, 3.63) is 0 Å². The number of amides is 1. The third kappa shape index (κ3) is 3.70. The molecular weight excluding hydrogens is 212 g/mol. The van der Waals surface area contributed by atoms with Gasteiger partial charge in [0, 0.05) is 31.1 Å². The van der Waals surface area contributed by atoms with E-state index in [1.54, 1.807) is 0 Å². The van der Waals surface area contributed by atoms with Gasteiger partial charge in [0.05, 0.1) is 0 Å². The van der Waals surface area contributed by atoms with Gasteiger partial charge < -0.3 is 10.2 Å². The van der Waals surface area contributed by atoms with Crippen LogP contribution in [0.15, 0.2) is 0 Å². The van der Waals surface area contributed by atoms with Crippen molar-refractivity contribution >= 4 is 5.91 Å². The lowest BCUT2D eigenvalue weighted by Gasteiger charge is -2.44. The third-order valence-corrected chi connectivity index (χ3v) is 3.81. The molecular formula is C14H28N2O. The van der Waals surface area contributed by atoms with Crippen LogP contribution in [-0.2, 0) is 4.79 Å². The highest BCUT2D eigenvalue weighted by atomic mass is 16.2. The molecule has 3 heteroatoms. The maximum Gasteiger partial charge on any atom is 0.226 e.